The fourth-order valence-corrected chi connectivity index (χ4v) is 1.85. The van der Waals surface area contributed by atoms with Gasteiger partial charge in [-0.2, -0.15) is 0 Å². The molecular formula is C10H17N2O8PS. The van der Waals surface area contributed by atoms with Crippen LogP contribution in [0.1, 0.15) is 18.2 Å². The summed E-state index contributed by atoms with van der Waals surface area (Å²) in [6.07, 6.45) is -0.581. The average Bonchev–Trinajstić information content (AvgIpc) is 2.73. The summed E-state index contributed by atoms with van der Waals surface area (Å²) in [5, 5.41) is 18.5. The lowest BCUT2D eigenvalue weighted by atomic mass is 10.2. The van der Waals surface area contributed by atoms with Gasteiger partial charge in [0.2, 0.25) is 0 Å². The smallest absolute Gasteiger partial charge is 0.330 e. The lowest BCUT2D eigenvalue weighted by Gasteiger charge is -2.14. The molecule has 3 atom stereocenters. The molecule has 1 saturated heterocycles. The zero-order chi connectivity index (χ0) is 17.1. The van der Waals surface area contributed by atoms with Gasteiger partial charge < -0.3 is 29.6 Å². The fraction of sp³-hybridized carbons (Fsp3) is 0.600. The fourth-order valence-electron chi connectivity index (χ4n) is 1.85. The number of aliphatic hydroxyl groups excluding tert-OH is 2. The Bertz CT molecular complexity index is 659. The zero-order valence-electron chi connectivity index (χ0n) is 11.5. The second kappa shape index (κ2) is 7.57. The molecule has 22 heavy (non-hydrogen) atoms. The lowest BCUT2D eigenvalue weighted by molar-refractivity contribution is -0.0459. The molecule has 0 bridgehead atoms. The van der Waals surface area contributed by atoms with E-state index in [4.69, 9.17) is 24.5 Å². The van der Waals surface area contributed by atoms with Gasteiger partial charge in [0, 0.05) is 18.2 Å². The van der Waals surface area contributed by atoms with E-state index in [1.807, 2.05) is 0 Å². The third-order valence-electron chi connectivity index (χ3n) is 2.84. The summed E-state index contributed by atoms with van der Waals surface area (Å²) >= 11 is 3.60. The van der Waals surface area contributed by atoms with Gasteiger partial charge in [-0.15, -0.1) is 0 Å². The van der Waals surface area contributed by atoms with E-state index in [9.17, 15) is 14.7 Å². The molecule has 0 saturated carbocycles. The molecule has 0 unspecified atom stereocenters. The largest absolute Gasteiger partial charge is 0.394 e. The molecule has 0 radical (unpaired) electrons. The molecule has 126 valence electrons. The predicted molar refractivity (Wildman–Crippen MR) is 78.6 cm³/mol. The van der Waals surface area contributed by atoms with Crippen molar-refractivity contribution in [3.63, 3.8) is 0 Å². The number of hydrogen-bond donors (Lipinski definition) is 6. The van der Waals surface area contributed by atoms with Crippen LogP contribution in [0, 0.1) is 6.92 Å². The van der Waals surface area contributed by atoms with Gasteiger partial charge >= 0.3 is 12.4 Å². The molecule has 0 amide bonds. The number of aromatic nitrogens is 2. The molecule has 0 spiro atoms. The lowest BCUT2D eigenvalue weighted by Crippen LogP contribution is -2.33. The van der Waals surface area contributed by atoms with Crippen LogP contribution in [0.3, 0.4) is 0 Å². The van der Waals surface area contributed by atoms with E-state index < -0.39 is 36.4 Å². The molecule has 2 heterocycles. The number of aliphatic hydroxyl groups is 2. The summed E-state index contributed by atoms with van der Waals surface area (Å²) in [4.78, 5) is 47.6. The minimum atomic E-state index is -3.81. The highest BCUT2D eigenvalue weighted by molar-refractivity contribution is 8.06. The second-order valence-corrected chi connectivity index (χ2v) is 7.10. The number of ether oxygens (including phenoxy) is 1. The van der Waals surface area contributed by atoms with Crippen molar-refractivity contribution in [2.75, 3.05) is 6.61 Å². The number of aryl methyl sites for hydroxylation is 1. The van der Waals surface area contributed by atoms with Crippen LogP contribution in [-0.2, 0) is 16.5 Å². The monoisotopic (exact) mass is 356 g/mol. The van der Waals surface area contributed by atoms with E-state index in [-0.39, 0.29) is 13.0 Å². The van der Waals surface area contributed by atoms with Crippen LogP contribution in [0.2, 0.25) is 0 Å². The van der Waals surface area contributed by atoms with Crippen LogP contribution < -0.4 is 11.2 Å². The highest BCUT2D eigenvalue weighted by Gasteiger charge is 2.34. The molecule has 0 aromatic carbocycles. The van der Waals surface area contributed by atoms with E-state index in [1.165, 1.54) is 10.8 Å². The first-order valence-corrected chi connectivity index (χ1v) is 8.73. The van der Waals surface area contributed by atoms with Gasteiger partial charge in [-0.05, 0) is 18.7 Å². The van der Waals surface area contributed by atoms with Crippen molar-refractivity contribution >= 4 is 18.5 Å². The van der Waals surface area contributed by atoms with E-state index in [0.717, 1.165) is 0 Å². The summed E-state index contributed by atoms with van der Waals surface area (Å²) in [6.45, 7) is -2.54. The Morgan fingerprint density at radius 1 is 1.45 bits per heavy atom. The first-order valence-electron chi connectivity index (χ1n) is 6.07. The summed E-state index contributed by atoms with van der Waals surface area (Å²) in [7, 11) is 0. The molecule has 10 nitrogen and oxygen atoms in total. The van der Waals surface area contributed by atoms with Crippen LogP contribution in [0.4, 0.5) is 0 Å². The number of aromatic amines is 1. The Hall–Kier alpha value is -0.910. The first kappa shape index (κ1) is 19.1. The molecule has 0 aliphatic carbocycles. The van der Waals surface area contributed by atoms with Crippen molar-refractivity contribution in [3.05, 3.63) is 32.6 Å². The van der Waals surface area contributed by atoms with Gasteiger partial charge in [-0.25, -0.2) is 4.79 Å². The van der Waals surface area contributed by atoms with Crippen LogP contribution in [0.15, 0.2) is 15.8 Å². The molecule has 1 aromatic heterocycles. The van der Waals surface area contributed by atoms with Crippen LogP contribution in [0.5, 0.6) is 0 Å². The third kappa shape index (κ3) is 5.71. The van der Waals surface area contributed by atoms with Crippen LogP contribution in [-0.4, -0.2) is 53.3 Å². The van der Waals surface area contributed by atoms with E-state index in [1.54, 1.807) is 6.92 Å². The molecule has 1 aromatic rings. The number of hydrogen-bond acceptors (Lipinski definition) is 6. The Labute approximate surface area is 129 Å². The Morgan fingerprint density at radius 3 is 2.45 bits per heavy atom. The van der Waals surface area contributed by atoms with Crippen LogP contribution >= 0.6 is 6.72 Å². The molecule has 12 heteroatoms. The van der Waals surface area contributed by atoms with Crippen molar-refractivity contribution in [3.8, 4) is 0 Å². The maximum atomic E-state index is 11.6. The molecule has 1 aliphatic heterocycles. The van der Waals surface area contributed by atoms with E-state index in [2.05, 4.69) is 16.8 Å². The number of nitrogens with one attached hydrogen (secondary N) is 1. The molecule has 1 aliphatic rings. The van der Waals surface area contributed by atoms with Crippen LogP contribution in [0.25, 0.3) is 0 Å². The number of rotatable bonds is 2. The van der Waals surface area contributed by atoms with Gasteiger partial charge in [-0.3, -0.25) is 14.3 Å². The van der Waals surface area contributed by atoms with Gasteiger partial charge in [0.05, 0.1) is 12.7 Å². The number of H-pyrrole nitrogens is 1. The van der Waals surface area contributed by atoms with Crippen molar-refractivity contribution in [2.45, 2.75) is 31.8 Å². The molecule has 2 rings (SSSR count). The Morgan fingerprint density at radius 2 is 2.00 bits per heavy atom. The van der Waals surface area contributed by atoms with Gasteiger partial charge in [0.15, 0.2) is 0 Å². The molecular weight excluding hydrogens is 339 g/mol. The normalized spacial score (nSPS) is 24.7. The van der Waals surface area contributed by atoms with Crippen molar-refractivity contribution in [2.24, 2.45) is 0 Å². The molecule has 6 N–H and O–H groups in total. The Kier molecular flexibility index (Phi) is 6.59. The SMILES string of the molecule is Cc1cn([C@H]2C[C@H](O)[C@@H](CO)O2)c(=O)[nH]c1=O.OP(O)(O)=S. The van der Waals surface area contributed by atoms with Gasteiger partial charge in [0.25, 0.3) is 5.56 Å². The summed E-state index contributed by atoms with van der Waals surface area (Å²) in [5.74, 6) is 0. The Balaban J connectivity index is 0.000000422. The predicted octanol–water partition coefficient (Wildman–Crippen LogP) is -2.33. The third-order valence-corrected chi connectivity index (χ3v) is 2.84. The van der Waals surface area contributed by atoms with Crippen molar-refractivity contribution in [1.29, 1.82) is 0 Å². The minimum absolute atomic E-state index is 0.205. The van der Waals surface area contributed by atoms with Crippen molar-refractivity contribution in [1.82, 2.24) is 9.55 Å². The molecule has 1 fully saturated rings. The van der Waals surface area contributed by atoms with Gasteiger partial charge in [-0.1, -0.05) is 0 Å². The van der Waals surface area contributed by atoms with Gasteiger partial charge in [0.1, 0.15) is 12.3 Å². The minimum Gasteiger partial charge on any atom is -0.394 e. The summed E-state index contributed by atoms with van der Waals surface area (Å²) < 4.78 is 6.54. The highest BCUT2D eigenvalue weighted by Crippen LogP contribution is 2.27. The summed E-state index contributed by atoms with van der Waals surface area (Å²) in [6, 6.07) is 0. The quantitative estimate of drug-likeness (QED) is 0.319. The maximum absolute atomic E-state index is 11.6. The zero-order valence-corrected chi connectivity index (χ0v) is 13.2. The topological polar surface area (TPSA) is 165 Å². The van der Waals surface area contributed by atoms with E-state index >= 15 is 0 Å². The first-order chi connectivity index (χ1) is 10.0. The standard InChI is InChI=1S/C10H14N2O5.H3O3PS/c1-5-3-12(10(16)11-9(5)15)8-2-6(14)7(4-13)17-8;1-4(2,3)5/h3,6-8,13-14H,2,4H2,1H3,(H,11,15,16);(H3,1,2,3,5)/t6-,7+,8+;/m0./s1. The number of nitrogens with zero attached hydrogens (tertiary/aromatic N) is 1. The van der Waals surface area contributed by atoms with Crippen molar-refractivity contribution < 1.29 is 29.6 Å². The highest BCUT2D eigenvalue weighted by atomic mass is 32.5. The van der Waals surface area contributed by atoms with E-state index in [0.29, 0.717) is 5.56 Å². The second-order valence-electron chi connectivity index (χ2n) is 4.61. The summed E-state index contributed by atoms with van der Waals surface area (Å²) in [5.41, 5.74) is -0.643. The maximum Gasteiger partial charge on any atom is 0.330 e. The average molecular weight is 356 g/mol.